The highest BCUT2D eigenvalue weighted by Crippen LogP contribution is 2.25. The molecule has 0 saturated carbocycles. The molecule has 5 nitrogen and oxygen atoms in total. The van der Waals surface area contributed by atoms with E-state index in [1.165, 1.54) is 0 Å². The highest BCUT2D eigenvalue weighted by molar-refractivity contribution is 7.91. The second-order valence-electron chi connectivity index (χ2n) is 5.84. The number of sulfone groups is 1. The Balaban J connectivity index is 2.26. The molecule has 0 spiro atoms. The highest BCUT2D eigenvalue weighted by atomic mass is 32.2. The maximum atomic E-state index is 13.0. The number of nitrogens with zero attached hydrogens (tertiary/aromatic N) is 1. The molecular formula is C17H25NO4S. The molecule has 23 heavy (non-hydrogen) atoms. The van der Waals surface area contributed by atoms with E-state index in [0.717, 1.165) is 12.8 Å². The van der Waals surface area contributed by atoms with Crippen LogP contribution in [0.25, 0.3) is 0 Å². The van der Waals surface area contributed by atoms with Crippen LogP contribution in [-0.4, -0.2) is 49.9 Å². The van der Waals surface area contributed by atoms with Gasteiger partial charge in [0.1, 0.15) is 5.75 Å². The van der Waals surface area contributed by atoms with Gasteiger partial charge in [-0.15, -0.1) is 0 Å². The summed E-state index contributed by atoms with van der Waals surface area (Å²) in [5.74, 6) is 0.659. The molecule has 0 radical (unpaired) electrons. The van der Waals surface area contributed by atoms with Crippen molar-refractivity contribution in [2.75, 3.05) is 24.7 Å². The topological polar surface area (TPSA) is 63.7 Å². The van der Waals surface area contributed by atoms with E-state index in [1.807, 2.05) is 13.0 Å². The van der Waals surface area contributed by atoms with Crippen LogP contribution in [0.15, 0.2) is 24.3 Å². The number of hydrogen-bond donors (Lipinski definition) is 0. The molecule has 128 valence electrons. The molecule has 0 N–H and O–H groups in total. The molecule has 0 aromatic heterocycles. The molecule has 1 fully saturated rings. The number of ether oxygens (including phenoxy) is 1. The van der Waals surface area contributed by atoms with E-state index in [9.17, 15) is 13.2 Å². The van der Waals surface area contributed by atoms with Crippen LogP contribution in [0.2, 0.25) is 0 Å². The molecule has 1 saturated heterocycles. The van der Waals surface area contributed by atoms with Gasteiger partial charge in [-0.1, -0.05) is 25.5 Å². The Morgan fingerprint density at radius 1 is 1.30 bits per heavy atom. The van der Waals surface area contributed by atoms with E-state index >= 15 is 0 Å². The van der Waals surface area contributed by atoms with Crippen LogP contribution in [-0.2, 0) is 9.84 Å². The van der Waals surface area contributed by atoms with Gasteiger partial charge in [-0.25, -0.2) is 8.42 Å². The molecule has 1 aliphatic heterocycles. The molecule has 0 aliphatic carbocycles. The zero-order valence-corrected chi connectivity index (χ0v) is 14.6. The number of carbonyl (C=O) groups is 1. The maximum absolute atomic E-state index is 13.0. The standard InChI is InChI=1S/C17H25NO4S/c1-3-5-11-18(14-10-12-23(20,21)13-14)17(19)15-8-6-7-9-16(15)22-4-2/h6-9,14H,3-5,10-13H2,1-2H3. The lowest BCUT2D eigenvalue weighted by Gasteiger charge is -2.29. The third kappa shape index (κ3) is 4.47. The van der Waals surface area contributed by atoms with Gasteiger partial charge in [0.05, 0.1) is 23.7 Å². The predicted molar refractivity (Wildman–Crippen MR) is 90.6 cm³/mol. The third-order valence-electron chi connectivity index (χ3n) is 4.08. The van der Waals surface area contributed by atoms with Crippen molar-refractivity contribution in [3.05, 3.63) is 29.8 Å². The number of hydrogen-bond acceptors (Lipinski definition) is 4. The van der Waals surface area contributed by atoms with E-state index in [-0.39, 0.29) is 23.5 Å². The second-order valence-corrected chi connectivity index (χ2v) is 8.07. The summed E-state index contributed by atoms with van der Waals surface area (Å²) in [5, 5.41) is 0. The lowest BCUT2D eigenvalue weighted by molar-refractivity contribution is 0.0690. The number of para-hydroxylation sites is 1. The summed E-state index contributed by atoms with van der Waals surface area (Å²) in [6, 6.07) is 6.93. The van der Waals surface area contributed by atoms with Gasteiger partial charge in [-0.2, -0.15) is 0 Å². The summed E-state index contributed by atoms with van der Waals surface area (Å²) in [7, 11) is -3.03. The normalized spacial score (nSPS) is 19.5. The van der Waals surface area contributed by atoms with Crippen LogP contribution in [0.1, 0.15) is 43.5 Å². The molecule has 6 heteroatoms. The van der Waals surface area contributed by atoms with E-state index in [4.69, 9.17) is 4.74 Å². The maximum Gasteiger partial charge on any atom is 0.257 e. The lowest BCUT2D eigenvalue weighted by Crippen LogP contribution is -2.42. The smallest absolute Gasteiger partial charge is 0.257 e. The highest BCUT2D eigenvalue weighted by Gasteiger charge is 2.35. The van der Waals surface area contributed by atoms with Gasteiger partial charge in [0, 0.05) is 12.6 Å². The first-order valence-corrected chi connectivity index (χ1v) is 10.0. The van der Waals surface area contributed by atoms with Crippen molar-refractivity contribution in [1.29, 1.82) is 0 Å². The first-order valence-electron chi connectivity index (χ1n) is 8.21. The lowest BCUT2D eigenvalue weighted by atomic mass is 10.1. The van der Waals surface area contributed by atoms with Crippen LogP contribution < -0.4 is 4.74 Å². The summed E-state index contributed by atoms with van der Waals surface area (Å²) < 4.78 is 29.1. The molecule has 1 aromatic rings. The Morgan fingerprint density at radius 2 is 2.04 bits per heavy atom. The monoisotopic (exact) mass is 339 g/mol. The third-order valence-corrected chi connectivity index (χ3v) is 5.83. The number of carbonyl (C=O) groups excluding carboxylic acids is 1. The predicted octanol–water partition coefficient (Wildman–Crippen LogP) is 2.51. The average Bonchev–Trinajstić information content (AvgIpc) is 2.88. The van der Waals surface area contributed by atoms with E-state index < -0.39 is 9.84 Å². The molecule has 1 aromatic carbocycles. The Hall–Kier alpha value is -1.56. The first kappa shape index (κ1) is 17.8. The van der Waals surface area contributed by atoms with Gasteiger partial charge in [-0.05, 0) is 31.9 Å². The molecule has 0 bridgehead atoms. The quantitative estimate of drug-likeness (QED) is 0.766. The van der Waals surface area contributed by atoms with E-state index in [0.29, 0.717) is 30.9 Å². The van der Waals surface area contributed by atoms with Crippen LogP contribution in [0.3, 0.4) is 0 Å². The summed E-state index contributed by atoms with van der Waals surface area (Å²) >= 11 is 0. The minimum absolute atomic E-state index is 0.0687. The van der Waals surface area contributed by atoms with E-state index in [1.54, 1.807) is 23.1 Å². The van der Waals surface area contributed by atoms with Crippen LogP contribution in [0.4, 0.5) is 0 Å². The zero-order chi connectivity index (χ0) is 16.9. The SMILES string of the molecule is CCCCN(C(=O)c1ccccc1OCC)C1CCS(=O)(=O)C1. The number of unbranched alkanes of at least 4 members (excludes halogenated alkanes) is 1. The van der Waals surface area contributed by atoms with Crippen molar-refractivity contribution in [3.8, 4) is 5.75 Å². The molecule has 1 unspecified atom stereocenters. The van der Waals surface area contributed by atoms with Gasteiger partial charge in [0.15, 0.2) is 9.84 Å². The number of rotatable bonds is 7. The molecule has 1 amide bonds. The van der Waals surface area contributed by atoms with Gasteiger partial charge >= 0.3 is 0 Å². The minimum atomic E-state index is -3.03. The van der Waals surface area contributed by atoms with Crippen molar-refractivity contribution >= 4 is 15.7 Å². The fourth-order valence-corrected chi connectivity index (χ4v) is 4.61. The van der Waals surface area contributed by atoms with Gasteiger partial charge < -0.3 is 9.64 Å². The van der Waals surface area contributed by atoms with Crippen molar-refractivity contribution in [2.24, 2.45) is 0 Å². The number of benzene rings is 1. The summed E-state index contributed by atoms with van der Waals surface area (Å²) in [5.41, 5.74) is 0.509. The van der Waals surface area contributed by atoms with Crippen molar-refractivity contribution in [2.45, 2.75) is 39.2 Å². The zero-order valence-electron chi connectivity index (χ0n) is 13.8. The second kappa shape index (κ2) is 7.81. The fourth-order valence-electron chi connectivity index (χ4n) is 2.88. The Bertz CT molecular complexity index is 642. The Morgan fingerprint density at radius 3 is 2.65 bits per heavy atom. The number of amides is 1. The summed E-state index contributed by atoms with van der Waals surface area (Å²) in [6.07, 6.45) is 2.34. The van der Waals surface area contributed by atoms with Crippen LogP contribution in [0, 0.1) is 0 Å². The van der Waals surface area contributed by atoms with E-state index in [2.05, 4.69) is 6.92 Å². The molecule has 2 rings (SSSR count). The molecular weight excluding hydrogens is 314 g/mol. The van der Waals surface area contributed by atoms with Crippen molar-refractivity contribution in [3.63, 3.8) is 0 Å². The summed E-state index contributed by atoms with van der Waals surface area (Å²) in [4.78, 5) is 14.7. The molecule has 1 atom stereocenters. The molecule has 1 heterocycles. The Kier molecular flexibility index (Phi) is 6.04. The van der Waals surface area contributed by atoms with Crippen molar-refractivity contribution < 1.29 is 17.9 Å². The van der Waals surface area contributed by atoms with Crippen molar-refractivity contribution in [1.82, 2.24) is 4.90 Å². The Labute approximate surface area is 138 Å². The van der Waals surface area contributed by atoms with Gasteiger partial charge in [-0.3, -0.25) is 4.79 Å². The fraction of sp³-hybridized carbons (Fsp3) is 0.588. The molecule has 1 aliphatic rings. The van der Waals surface area contributed by atoms with Gasteiger partial charge in [0.25, 0.3) is 5.91 Å². The summed E-state index contributed by atoms with van der Waals surface area (Å²) in [6.45, 7) is 4.99. The van der Waals surface area contributed by atoms with Crippen LogP contribution in [0.5, 0.6) is 5.75 Å². The largest absolute Gasteiger partial charge is 0.493 e. The van der Waals surface area contributed by atoms with Gasteiger partial charge in [0.2, 0.25) is 0 Å². The van der Waals surface area contributed by atoms with Crippen LogP contribution >= 0.6 is 0 Å². The minimum Gasteiger partial charge on any atom is -0.493 e. The first-order chi connectivity index (χ1) is 11.0. The average molecular weight is 339 g/mol.